The molecule has 0 radical (unpaired) electrons. The molecular weight excluding hydrogens is 189 g/mol. The van der Waals surface area contributed by atoms with Crippen molar-refractivity contribution >= 4 is 6.08 Å². The maximum absolute atomic E-state index is 12.8. The fraction of sp³-hybridized carbons (Fsp3) is 0.111. The summed E-state index contributed by atoms with van der Waals surface area (Å²) in [5, 5.41) is 19.4. The van der Waals surface area contributed by atoms with Gasteiger partial charge in [-0.25, -0.2) is 4.39 Å². The van der Waals surface area contributed by atoms with Crippen LogP contribution in [0.4, 0.5) is 4.39 Å². The first-order valence-corrected chi connectivity index (χ1v) is 3.82. The maximum atomic E-state index is 12.8. The zero-order valence-electron chi connectivity index (χ0n) is 7.40. The van der Waals surface area contributed by atoms with E-state index in [0.29, 0.717) is 0 Å². The second-order valence-corrected chi connectivity index (χ2v) is 2.72. The molecular formula is C9H8FNO3. The van der Waals surface area contributed by atoms with E-state index in [4.69, 9.17) is 0 Å². The summed E-state index contributed by atoms with van der Waals surface area (Å²) in [6.07, 6.45) is 1.11. The third-order valence-corrected chi connectivity index (χ3v) is 1.67. The molecule has 1 aromatic rings. The molecule has 1 N–H and O–H groups in total. The van der Waals surface area contributed by atoms with Gasteiger partial charge in [-0.1, -0.05) is 12.1 Å². The Morgan fingerprint density at radius 1 is 1.64 bits per heavy atom. The lowest BCUT2D eigenvalue weighted by Gasteiger charge is -1.99. The van der Waals surface area contributed by atoms with Gasteiger partial charge in [-0.2, -0.15) is 0 Å². The van der Waals surface area contributed by atoms with Gasteiger partial charge in [0, 0.05) is 18.6 Å². The van der Waals surface area contributed by atoms with E-state index in [2.05, 4.69) is 0 Å². The number of nitro groups is 1. The SMILES string of the molecule is C/C(=C\c1cccc(F)c1O)[N+](=O)[O-]. The van der Waals surface area contributed by atoms with Crippen LogP contribution in [0.1, 0.15) is 12.5 Å². The van der Waals surface area contributed by atoms with E-state index in [1.54, 1.807) is 0 Å². The topological polar surface area (TPSA) is 63.4 Å². The Labute approximate surface area is 79.4 Å². The Morgan fingerprint density at radius 2 is 2.29 bits per heavy atom. The quantitative estimate of drug-likeness (QED) is 0.583. The second-order valence-electron chi connectivity index (χ2n) is 2.72. The van der Waals surface area contributed by atoms with Gasteiger partial charge in [-0.05, 0) is 6.07 Å². The summed E-state index contributed by atoms with van der Waals surface area (Å²) in [5.74, 6) is -1.37. The predicted octanol–water partition coefficient (Wildman–Crippen LogP) is 2.17. The number of hydrogen-bond donors (Lipinski definition) is 1. The molecule has 1 rings (SSSR count). The minimum atomic E-state index is -0.796. The summed E-state index contributed by atoms with van der Waals surface area (Å²) in [5.41, 5.74) is -0.0647. The molecule has 74 valence electrons. The lowest BCUT2D eigenvalue weighted by molar-refractivity contribution is -0.422. The number of halogens is 1. The Hall–Kier alpha value is -1.91. The van der Waals surface area contributed by atoms with E-state index >= 15 is 0 Å². The number of aromatic hydroxyl groups is 1. The minimum absolute atomic E-state index is 0.0965. The molecule has 0 bridgehead atoms. The number of hydrogen-bond acceptors (Lipinski definition) is 3. The van der Waals surface area contributed by atoms with Crippen LogP contribution in [0, 0.1) is 15.9 Å². The van der Waals surface area contributed by atoms with Crippen LogP contribution >= 0.6 is 0 Å². The molecule has 0 heterocycles. The van der Waals surface area contributed by atoms with E-state index < -0.39 is 16.5 Å². The molecule has 0 aromatic heterocycles. The Bertz CT molecular complexity index is 401. The molecule has 0 fully saturated rings. The highest BCUT2D eigenvalue weighted by Crippen LogP contribution is 2.22. The highest BCUT2D eigenvalue weighted by molar-refractivity contribution is 5.57. The summed E-state index contributed by atoms with van der Waals surface area (Å²) in [7, 11) is 0. The molecule has 0 unspecified atom stereocenters. The molecule has 0 saturated heterocycles. The second kappa shape index (κ2) is 3.87. The maximum Gasteiger partial charge on any atom is 0.243 e. The number of phenolic OH excluding ortho intramolecular Hbond substituents is 1. The third kappa shape index (κ3) is 2.07. The highest BCUT2D eigenvalue weighted by atomic mass is 19.1. The summed E-state index contributed by atoms with van der Waals surface area (Å²) in [6, 6.07) is 3.84. The molecule has 0 aliphatic carbocycles. The van der Waals surface area contributed by atoms with Crippen molar-refractivity contribution in [3.63, 3.8) is 0 Å². The lowest BCUT2D eigenvalue weighted by atomic mass is 10.1. The zero-order chi connectivity index (χ0) is 10.7. The summed E-state index contributed by atoms with van der Waals surface area (Å²) in [4.78, 5) is 9.65. The number of phenols is 1. The van der Waals surface area contributed by atoms with E-state index in [-0.39, 0.29) is 11.3 Å². The molecule has 14 heavy (non-hydrogen) atoms. The van der Waals surface area contributed by atoms with Gasteiger partial charge in [0.1, 0.15) is 0 Å². The van der Waals surface area contributed by atoms with E-state index in [9.17, 15) is 19.6 Å². The van der Waals surface area contributed by atoms with Crippen LogP contribution in [0.3, 0.4) is 0 Å². The van der Waals surface area contributed by atoms with Gasteiger partial charge in [0.05, 0.1) is 4.92 Å². The van der Waals surface area contributed by atoms with Crippen LogP contribution in [-0.4, -0.2) is 10.0 Å². The van der Waals surface area contributed by atoms with Crippen LogP contribution in [0.2, 0.25) is 0 Å². The molecule has 0 aliphatic rings. The molecule has 0 saturated carbocycles. The first-order valence-electron chi connectivity index (χ1n) is 3.82. The van der Waals surface area contributed by atoms with Crippen molar-refractivity contribution in [3.05, 3.63) is 45.4 Å². The minimum Gasteiger partial charge on any atom is -0.504 e. The molecule has 4 nitrogen and oxygen atoms in total. The lowest BCUT2D eigenvalue weighted by Crippen LogP contribution is -1.93. The van der Waals surface area contributed by atoms with Gasteiger partial charge < -0.3 is 5.11 Å². The number of rotatable bonds is 2. The van der Waals surface area contributed by atoms with Gasteiger partial charge in [0.15, 0.2) is 11.6 Å². The molecule has 1 aromatic carbocycles. The van der Waals surface area contributed by atoms with Gasteiger partial charge >= 0.3 is 0 Å². The van der Waals surface area contributed by atoms with Crippen molar-refractivity contribution in [2.45, 2.75) is 6.92 Å². The molecule has 0 spiro atoms. The van der Waals surface area contributed by atoms with Gasteiger partial charge in [0.25, 0.3) is 0 Å². The van der Waals surface area contributed by atoms with Crippen LogP contribution in [0.15, 0.2) is 23.9 Å². The van der Waals surface area contributed by atoms with Gasteiger partial charge in [-0.3, -0.25) is 10.1 Å². The smallest absolute Gasteiger partial charge is 0.243 e. The average molecular weight is 197 g/mol. The van der Waals surface area contributed by atoms with Gasteiger partial charge in [0.2, 0.25) is 5.70 Å². The highest BCUT2D eigenvalue weighted by Gasteiger charge is 2.08. The monoisotopic (exact) mass is 197 g/mol. The zero-order valence-corrected chi connectivity index (χ0v) is 7.40. The first kappa shape index (κ1) is 10.2. The van der Waals surface area contributed by atoms with Crippen molar-refractivity contribution in [2.24, 2.45) is 0 Å². The Morgan fingerprint density at radius 3 is 2.86 bits per heavy atom. The van der Waals surface area contributed by atoms with E-state index in [0.717, 1.165) is 12.1 Å². The largest absolute Gasteiger partial charge is 0.504 e. The van der Waals surface area contributed by atoms with Crippen molar-refractivity contribution in [3.8, 4) is 5.75 Å². The summed E-state index contributed by atoms with van der Waals surface area (Å²) < 4.78 is 12.8. The average Bonchev–Trinajstić information content (AvgIpc) is 2.12. The Balaban J connectivity index is 3.15. The standard InChI is InChI=1S/C9H8FNO3/c1-6(11(13)14)5-7-3-2-4-8(10)9(7)12/h2-5,12H,1H3/b6-5+. The van der Waals surface area contributed by atoms with Crippen molar-refractivity contribution in [1.82, 2.24) is 0 Å². The predicted molar refractivity (Wildman–Crippen MR) is 48.7 cm³/mol. The first-order chi connectivity index (χ1) is 6.52. The Kier molecular flexibility index (Phi) is 2.81. The van der Waals surface area contributed by atoms with Crippen molar-refractivity contribution < 1.29 is 14.4 Å². The fourth-order valence-electron chi connectivity index (χ4n) is 0.926. The summed E-state index contributed by atoms with van der Waals surface area (Å²) >= 11 is 0. The fourth-order valence-corrected chi connectivity index (χ4v) is 0.926. The van der Waals surface area contributed by atoms with Crippen molar-refractivity contribution in [1.29, 1.82) is 0 Å². The van der Waals surface area contributed by atoms with Crippen LogP contribution < -0.4 is 0 Å². The number of allylic oxidation sites excluding steroid dienone is 1. The van der Waals surface area contributed by atoms with Crippen LogP contribution in [0.5, 0.6) is 5.75 Å². The van der Waals surface area contributed by atoms with Gasteiger partial charge in [-0.15, -0.1) is 0 Å². The van der Waals surface area contributed by atoms with E-state index in [1.807, 2.05) is 0 Å². The number of benzene rings is 1. The van der Waals surface area contributed by atoms with Crippen LogP contribution in [0.25, 0.3) is 6.08 Å². The van der Waals surface area contributed by atoms with E-state index in [1.165, 1.54) is 19.1 Å². The molecule has 0 amide bonds. The number of nitrogens with zero attached hydrogens (tertiary/aromatic N) is 1. The molecule has 0 atom stereocenters. The molecule has 0 aliphatic heterocycles. The number of para-hydroxylation sites is 1. The molecule has 5 heteroatoms. The third-order valence-electron chi connectivity index (χ3n) is 1.67. The van der Waals surface area contributed by atoms with Crippen LogP contribution in [-0.2, 0) is 0 Å². The van der Waals surface area contributed by atoms with Crippen molar-refractivity contribution in [2.75, 3.05) is 0 Å². The normalized spacial score (nSPS) is 11.4. The summed E-state index contributed by atoms with van der Waals surface area (Å²) in [6.45, 7) is 1.27.